The van der Waals surface area contributed by atoms with Gasteiger partial charge in [-0.05, 0) is 67.4 Å². The number of rotatable bonds is 6. The molecule has 2 aromatic carbocycles. The molecule has 0 saturated carbocycles. The van der Waals surface area contributed by atoms with Gasteiger partial charge >= 0.3 is 0 Å². The lowest BCUT2D eigenvalue weighted by molar-refractivity contribution is -0.116. The fourth-order valence-corrected chi connectivity index (χ4v) is 4.16. The summed E-state index contributed by atoms with van der Waals surface area (Å²) in [5.41, 5.74) is 3.64. The standard InChI is InChI=1S/C23H23ClN2O3S/c1-2-28-20-12-15(8-11-19(20)29-13-14-6-9-16(24)10-7-14)22-21-17(25-23(30)26-22)4-3-5-18(21)27/h6-12,22H,2-5,13H2,1H3,(H2,25,26,30). The van der Waals surface area contributed by atoms with E-state index in [1.165, 1.54) is 0 Å². The quantitative estimate of drug-likeness (QED) is 0.624. The van der Waals surface area contributed by atoms with E-state index in [2.05, 4.69) is 10.6 Å². The zero-order valence-electron chi connectivity index (χ0n) is 16.7. The molecule has 0 aromatic heterocycles. The maximum atomic E-state index is 12.6. The molecule has 2 aromatic rings. The van der Waals surface area contributed by atoms with Crippen LogP contribution in [-0.2, 0) is 11.4 Å². The highest BCUT2D eigenvalue weighted by Crippen LogP contribution is 2.37. The largest absolute Gasteiger partial charge is 0.490 e. The molecule has 2 aliphatic rings. The van der Waals surface area contributed by atoms with Gasteiger partial charge in [0, 0.05) is 22.7 Å². The molecular weight excluding hydrogens is 420 g/mol. The van der Waals surface area contributed by atoms with Gasteiger partial charge in [-0.25, -0.2) is 0 Å². The normalized spacial score (nSPS) is 18.4. The third kappa shape index (κ3) is 4.45. The topological polar surface area (TPSA) is 59.6 Å². The minimum Gasteiger partial charge on any atom is -0.490 e. The van der Waals surface area contributed by atoms with Gasteiger partial charge in [-0.1, -0.05) is 29.8 Å². The van der Waals surface area contributed by atoms with E-state index >= 15 is 0 Å². The van der Waals surface area contributed by atoms with E-state index in [0.717, 1.165) is 35.2 Å². The van der Waals surface area contributed by atoms with E-state index in [1.54, 1.807) is 0 Å². The van der Waals surface area contributed by atoms with Crippen LogP contribution in [0.25, 0.3) is 0 Å². The molecular formula is C23H23ClN2O3S. The Balaban J connectivity index is 1.61. The lowest BCUT2D eigenvalue weighted by Gasteiger charge is -2.34. The third-order valence-corrected chi connectivity index (χ3v) is 5.67. The molecule has 5 nitrogen and oxygen atoms in total. The van der Waals surface area contributed by atoms with Crippen LogP contribution in [0.4, 0.5) is 0 Å². The number of allylic oxidation sites excluding steroid dienone is 1. The van der Waals surface area contributed by atoms with Crippen LogP contribution in [0.3, 0.4) is 0 Å². The second-order valence-corrected chi connectivity index (χ2v) is 8.10. The SMILES string of the molecule is CCOc1cc(C2NC(=S)NC3=C2C(=O)CCC3)ccc1OCc1ccc(Cl)cc1. The van der Waals surface area contributed by atoms with Crippen LogP contribution in [0.2, 0.25) is 5.02 Å². The summed E-state index contributed by atoms with van der Waals surface area (Å²) in [6, 6.07) is 13.0. The highest BCUT2D eigenvalue weighted by Gasteiger charge is 2.33. The van der Waals surface area contributed by atoms with Gasteiger partial charge in [-0.3, -0.25) is 4.79 Å². The van der Waals surface area contributed by atoms with Gasteiger partial charge in [0.1, 0.15) is 6.61 Å². The van der Waals surface area contributed by atoms with E-state index in [-0.39, 0.29) is 11.8 Å². The molecule has 1 aliphatic heterocycles. The van der Waals surface area contributed by atoms with E-state index in [0.29, 0.717) is 41.3 Å². The van der Waals surface area contributed by atoms with Gasteiger partial charge < -0.3 is 20.1 Å². The van der Waals surface area contributed by atoms with E-state index in [1.807, 2.05) is 49.4 Å². The number of Topliss-reactive ketones (excluding diaryl/α,β-unsaturated/α-hetero) is 1. The summed E-state index contributed by atoms with van der Waals surface area (Å²) in [4.78, 5) is 12.6. The van der Waals surface area contributed by atoms with Crippen molar-refractivity contribution in [3.8, 4) is 11.5 Å². The van der Waals surface area contributed by atoms with Crippen LogP contribution in [0.1, 0.15) is 43.4 Å². The minimum absolute atomic E-state index is 0.157. The number of hydrogen-bond donors (Lipinski definition) is 2. The molecule has 1 aliphatic carbocycles. The predicted molar refractivity (Wildman–Crippen MR) is 121 cm³/mol. The van der Waals surface area contributed by atoms with Crippen molar-refractivity contribution in [2.75, 3.05) is 6.61 Å². The first-order valence-corrected chi connectivity index (χ1v) is 10.8. The van der Waals surface area contributed by atoms with Crippen molar-refractivity contribution in [1.82, 2.24) is 10.6 Å². The number of hydrogen-bond acceptors (Lipinski definition) is 4. The average molecular weight is 443 g/mol. The van der Waals surface area contributed by atoms with Gasteiger partial charge in [0.2, 0.25) is 0 Å². The van der Waals surface area contributed by atoms with Crippen molar-refractivity contribution >= 4 is 34.7 Å². The van der Waals surface area contributed by atoms with Crippen molar-refractivity contribution in [3.05, 3.63) is 69.9 Å². The molecule has 0 spiro atoms. The molecule has 4 rings (SSSR count). The van der Waals surface area contributed by atoms with Gasteiger partial charge in [-0.15, -0.1) is 0 Å². The first kappa shape index (κ1) is 20.7. The average Bonchev–Trinajstić information content (AvgIpc) is 2.73. The van der Waals surface area contributed by atoms with Crippen LogP contribution in [-0.4, -0.2) is 17.5 Å². The van der Waals surface area contributed by atoms with Crippen molar-refractivity contribution in [1.29, 1.82) is 0 Å². The van der Waals surface area contributed by atoms with E-state index in [9.17, 15) is 4.79 Å². The zero-order valence-corrected chi connectivity index (χ0v) is 18.2. The first-order chi connectivity index (χ1) is 14.5. The molecule has 0 amide bonds. The summed E-state index contributed by atoms with van der Waals surface area (Å²) in [6.45, 7) is 2.84. The fourth-order valence-electron chi connectivity index (χ4n) is 3.79. The van der Waals surface area contributed by atoms with Gasteiger partial charge in [0.15, 0.2) is 22.4 Å². The maximum Gasteiger partial charge on any atom is 0.171 e. The van der Waals surface area contributed by atoms with Crippen molar-refractivity contribution in [3.63, 3.8) is 0 Å². The number of benzene rings is 2. The zero-order chi connectivity index (χ0) is 21.1. The van der Waals surface area contributed by atoms with Gasteiger partial charge in [0.25, 0.3) is 0 Å². The smallest absolute Gasteiger partial charge is 0.171 e. The Kier molecular flexibility index (Phi) is 6.25. The van der Waals surface area contributed by atoms with Crippen LogP contribution in [0.5, 0.6) is 11.5 Å². The number of thiocarbonyl (C=S) groups is 1. The summed E-state index contributed by atoms with van der Waals surface area (Å²) >= 11 is 11.3. The lowest BCUT2D eigenvalue weighted by atomic mass is 9.85. The molecule has 1 unspecified atom stereocenters. The van der Waals surface area contributed by atoms with Gasteiger partial charge in [-0.2, -0.15) is 0 Å². The number of carbonyl (C=O) groups is 1. The molecule has 0 bridgehead atoms. The predicted octanol–water partition coefficient (Wildman–Crippen LogP) is 4.84. The van der Waals surface area contributed by atoms with E-state index in [4.69, 9.17) is 33.3 Å². The molecule has 0 radical (unpaired) electrons. The van der Waals surface area contributed by atoms with Crippen LogP contribution >= 0.6 is 23.8 Å². The maximum absolute atomic E-state index is 12.6. The number of nitrogens with one attached hydrogen (secondary N) is 2. The molecule has 30 heavy (non-hydrogen) atoms. The highest BCUT2D eigenvalue weighted by atomic mass is 35.5. The summed E-state index contributed by atoms with van der Waals surface area (Å²) < 4.78 is 11.8. The second-order valence-electron chi connectivity index (χ2n) is 7.25. The van der Waals surface area contributed by atoms with Crippen molar-refractivity contribution in [2.45, 2.75) is 38.8 Å². The summed E-state index contributed by atoms with van der Waals surface area (Å²) in [6.07, 6.45) is 2.24. The highest BCUT2D eigenvalue weighted by molar-refractivity contribution is 7.80. The molecule has 7 heteroatoms. The minimum atomic E-state index is -0.286. The third-order valence-electron chi connectivity index (χ3n) is 5.19. The number of ether oxygens (including phenoxy) is 2. The molecule has 1 heterocycles. The van der Waals surface area contributed by atoms with Gasteiger partial charge in [0.05, 0.1) is 12.6 Å². The van der Waals surface area contributed by atoms with Crippen LogP contribution < -0.4 is 20.1 Å². The fraction of sp³-hybridized carbons (Fsp3) is 0.304. The summed E-state index contributed by atoms with van der Waals surface area (Å²) in [5, 5.41) is 7.63. The first-order valence-electron chi connectivity index (χ1n) is 10.0. The van der Waals surface area contributed by atoms with Crippen molar-refractivity contribution in [2.24, 2.45) is 0 Å². The Morgan fingerprint density at radius 1 is 1.10 bits per heavy atom. The van der Waals surface area contributed by atoms with Crippen molar-refractivity contribution < 1.29 is 14.3 Å². The van der Waals surface area contributed by atoms with Crippen LogP contribution in [0.15, 0.2) is 53.7 Å². The summed E-state index contributed by atoms with van der Waals surface area (Å²) in [5.74, 6) is 1.45. The number of ketones is 1. The lowest BCUT2D eigenvalue weighted by Crippen LogP contribution is -2.46. The number of carbonyl (C=O) groups excluding carboxylic acids is 1. The number of halogens is 1. The van der Waals surface area contributed by atoms with E-state index < -0.39 is 0 Å². The molecule has 156 valence electrons. The Morgan fingerprint density at radius 3 is 2.67 bits per heavy atom. The second kappa shape index (κ2) is 9.06. The Labute approximate surface area is 186 Å². The summed E-state index contributed by atoms with van der Waals surface area (Å²) in [7, 11) is 0. The Hall–Kier alpha value is -2.57. The molecule has 0 fully saturated rings. The molecule has 1 atom stereocenters. The molecule has 0 saturated heterocycles. The molecule has 2 N–H and O–H groups in total. The monoisotopic (exact) mass is 442 g/mol. The van der Waals surface area contributed by atoms with Crippen LogP contribution in [0, 0.1) is 0 Å². The Bertz CT molecular complexity index is 1000. The Morgan fingerprint density at radius 2 is 1.90 bits per heavy atom.